The van der Waals surface area contributed by atoms with Gasteiger partial charge < -0.3 is 18.9 Å². The second-order valence-electron chi connectivity index (χ2n) is 9.49. The van der Waals surface area contributed by atoms with Gasteiger partial charge in [-0.1, -0.05) is 35.9 Å². The summed E-state index contributed by atoms with van der Waals surface area (Å²) in [6.07, 6.45) is 0.930. The van der Waals surface area contributed by atoms with Gasteiger partial charge >= 0.3 is 5.97 Å². The van der Waals surface area contributed by atoms with Crippen LogP contribution in [0, 0.1) is 12.8 Å². The molecular weight excluding hydrogens is 470 g/mol. The van der Waals surface area contributed by atoms with E-state index in [2.05, 4.69) is 0 Å². The number of allylic oxidation sites excluding steroid dienone is 2. The highest BCUT2D eigenvalue weighted by Gasteiger charge is 2.44. The molecule has 0 fully saturated rings. The van der Waals surface area contributed by atoms with E-state index in [1.165, 1.54) is 0 Å². The van der Waals surface area contributed by atoms with Gasteiger partial charge in [-0.2, -0.15) is 0 Å². The lowest BCUT2D eigenvalue weighted by molar-refractivity contribution is -0.148. The first kappa shape index (κ1) is 26.6. The second-order valence-corrected chi connectivity index (χ2v) is 9.49. The number of carbonyl (C=O) groups excluding carboxylic acids is 2. The maximum Gasteiger partial charge on any atom is 0.315 e. The third-order valence-electron chi connectivity index (χ3n) is 7.10. The molecule has 2 aliphatic rings. The third kappa shape index (κ3) is 5.62. The summed E-state index contributed by atoms with van der Waals surface area (Å²) in [5.41, 5.74) is 5.02. The molecule has 7 heteroatoms. The summed E-state index contributed by atoms with van der Waals surface area (Å²) in [4.78, 5) is 31.9. The van der Waals surface area contributed by atoms with Gasteiger partial charge in [0, 0.05) is 35.9 Å². The van der Waals surface area contributed by atoms with Crippen molar-refractivity contribution < 1.29 is 28.5 Å². The van der Waals surface area contributed by atoms with Crippen LogP contribution >= 0.6 is 0 Å². The van der Waals surface area contributed by atoms with E-state index in [0.29, 0.717) is 48.8 Å². The number of esters is 1. The fourth-order valence-electron chi connectivity index (χ4n) is 5.37. The van der Waals surface area contributed by atoms with E-state index in [4.69, 9.17) is 23.9 Å². The number of rotatable bonds is 9. The molecule has 0 spiro atoms. The van der Waals surface area contributed by atoms with Gasteiger partial charge in [-0.15, -0.1) is 0 Å². The van der Waals surface area contributed by atoms with E-state index >= 15 is 0 Å². The molecule has 4 rings (SSSR count). The lowest BCUT2D eigenvalue weighted by Gasteiger charge is -2.36. The summed E-state index contributed by atoms with van der Waals surface area (Å²) in [5.74, 6) is -0.247. The molecule has 0 aromatic heterocycles. The number of ether oxygens (including phenoxy) is 4. The van der Waals surface area contributed by atoms with E-state index in [9.17, 15) is 9.59 Å². The van der Waals surface area contributed by atoms with Gasteiger partial charge in [0.25, 0.3) is 0 Å². The third-order valence-corrected chi connectivity index (χ3v) is 7.10. The van der Waals surface area contributed by atoms with Gasteiger partial charge in [0.2, 0.25) is 0 Å². The number of benzene rings is 2. The van der Waals surface area contributed by atoms with Crippen molar-refractivity contribution in [3.63, 3.8) is 0 Å². The van der Waals surface area contributed by atoms with Crippen molar-refractivity contribution in [2.24, 2.45) is 10.9 Å². The number of ketones is 1. The topological polar surface area (TPSA) is 83.4 Å². The Morgan fingerprint density at radius 3 is 2.46 bits per heavy atom. The van der Waals surface area contributed by atoms with Crippen molar-refractivity contribution in [2.45, 2.75) is 45.4 Å². The predicted octanol–water partition coefficient (Wildman–Crippen LogP) is 5.17. The van der Waals surface area contributed by atoms with Crippen LogP contribution in [0.3, 0.4) is 0 Å². The fourth-order valence-corrected chi connectivity index (χ4v) is 5.37. The molecule has 1 aliphatic carbocycles. The van der Waals surface area contributed by atoms with Crippen molar-refractivity contribution >= 4 is 17.5 Å². The molecule has 0 amide bonds. The Morgan fingerprint density at radius 1 is 0.973 bits per heavy atom. The number of nitrogens with zero attached hydrogens (tertiary/aromatic N) is 1. The maximum atomic E-state index is 13.8. The average molecular weight is 506 g/mol. The van der Waals surface area contributed by atoms with E-state index < -0.39 is 11.8 Å². The Balaban J connectivity index is 1.71. The first-order valence-electron chi connectivity index (χ1n) is 12.7. The van der Waals surface area contributed by atoms with Gasteiger partial charge in [-0.05, 0) is 56.4 Å². The molecule has 2 aromatic rings. The second kappa shape index (κ2) is 11.7. The Morgan fingerprint density at radius 2 is 1.76 bits per heavy atom. The molecule has 0 radical (unpaired) electrons. The zero-order valence-corrected chi connectivity index (χ0v) is 22.2. The van der Waals surface area contributed by atoms with Gasteiger partial charge in [0.15, 0.2) is 17.3 Å². The Labute approximate surface area is 218 Å². The fraction of sp³-hybridized carbons (Fsp3) is 0.433. The van der Waals surface area contributed by atoms with Crippen LogP contribution in [0.4, 0.5) is 0 Å². The molecule has 2 aromatic carbocycles. The van der Waals surface area contributed by atoms with Gasteiger partial charge in [-0.3, -0.25) is 14.6 Å². The number of methoxy groups -OCH3 is 2. The van der Waals surface area contributed by atoms with Crippen molar-refractivity contribution in [1.29, 1.82) is 0 Å². The van der Waals surface area contributed by atoms with Gasteiger partial charge in [-0.25, -0.2) is 0 Å². The van der Waals surface area contributed by atoms with Crippen LogP contribution in [0.25, 0.3) is 0 Å². The summed E-state index contributed by atoms with van der Waals surface area (Å²) < 4.78 is 21.8. The number of aryl methyl sites for hydroxylation is 1. The van der Waals surface area contributed by atoms with E-state index in [0.717, 1.165) is 22.4 Å². The number of Topliss-reactive ketones (excluding diaryl/α,β-unsaturated/α-hetero) is 1. The highest BCUT2D eigenvalue weighted by Crippen LogP contribution is 2.47. The van der Waals surface area contributed by atoms with Crippen molar-refractivity contribution in [3.8, 4) is 11.5 Å². The minimum atomic E-state index is -0.663. The van der Waals surface area contributed by atoms with E-state index in [1.807, 2.05) is 63.2 Å². The maximum absolute atomic E-state index is 13.8. The van der Waals surface area contributed by atoms with Crippen molar-refractivity contribution in [1.82, 2.24) is 0 Å². The summed E-state index contributed by atoms with van der Waals surface area (Å²) >= 11 is 0. The monoisotopic (exact) mass is 505 g/mol. The molecule has 196 valence electrons. The van der Waals surface area contributed by atoms with Crippen LogP contribution in [0.5, 0.6) is 11.5 Å². The molecule has 1 aliphatic heterocycles. The normalized spacial score (nSPS) is 21.3. The van der Waals surface area contributed by atoms with Crippen LogP contribution in [-0.4, -0.2) is 51.5 Å². The minimum absolute atomic E-state index is 0.0101. The largest absolute Gasteiger partial charge is 0.493 e. The summed E-state index contributed by atoms with van der Waals surface area (Å²) in [5, 5.41) is 0. The predicted molar refractivity (Wildman–Crippen MR) is 142 cm³/mol. The minimum Gasteiger partial charge on any atom is -0.493 e. The van der Waals surface area contributed by atoms with Crippen molar-refractivity contribution in [2.75, 3.05) is 34.0 Å². The van der Waals surface area contributed by atoms with Crippen LogP contribution in [-0.2, 0) is 19.1 Å². The van der Waals surface area contributed by atoms with E-state index in [1.54, 1.807) is 14.2 Å². The molecular formula is C30H35NO6. The standard InChI is InChI=1S/C30H35NO6/c1-6-36-12-13-37-30(33)27-19(3)31-23-15-22(20-10-11-25(34-4)26(17-20)35-5)16-24(32)29(23)28(27)21-9-7-8-18(2)14-21/h7-11,14,17,22,27-28H,6,12-13,15-16H2,1-5H3/t22-,27?,28-/m0/s1. The number of aliphatic imine (C=N–C) groups is 1. The molecule has 0 N–H and O–H groups in total. The van der Waals surface area contributed by atoms with Gasteiger partial charge in [0.1, 0.15) is 12.5 Å². The highest BCUT2D eigenvalue weighted by atomic mass is 16.6. The highest BCUT2D eigenvalue weighted by molar-refractivity contribution is 6.09. The van der Waals surface area contributed by atoms with Crippen LogP contribution < -0.4 is 9.47 Å². The van der Waals surface area contributed by atoms with E-state index in [-0.39, 0.29) is 24.3 Å². The first-order valence-corrected chi connectivity index (χ1v) is 12.7. The summed E-state index contributed by atoms with van der Waals surface area (Å²) in [6, 6.07) is 13.8. The quantitative estimate of drug-likeness (QED) is 0.346. The average Bonchev–Trinajstić information content (AvgIpc) is 2.89. The van der Waals surface area contributed by atoms with Crippen LogP contribution in [0.15, 0.2) is 58.7 Å². The molecule has 0 saturated carbocycles. The number of hydrogen-bond acceptors (Lipinski definition) is 7. The van der Waals surface area contributed by atoms with Crippen molar-refractivity contribution in [3.05, 3.63) is 70.4 Å². The molecule has 3 atom stereocenters. The molecule has 1 unspecified atom stereocenters. The van der Waals surface area contributed by atoms with Crippen LogP contribution in [0.1, 0.15) is 55.2 Å². The zero-order valence-electron chi connectivity index (χ0n) is 22.2. The first-order chi connectivity index (χ1) is 17.9. The molecule has 0 bridgehead atoms. The zero-order chi connectivity index (χ0) is 26.5. The molecule has 37 heavy (non-hydrogen) atoms. The molecule has 1 heterocycles. The van der Waals surface area contributed by atoms with Gasteiger partial charge in [0.05, 0.1) is 20.8 Å². The number of hydrogen-bond donors (Lipinski definition) is 0. The molecule has 7 nitrogen and oxygen atoms in total. The number of carbonyl (C=O) groups is 2. The Kier molecular flexibility index (Phi) is 8.44. The molecule has 0 saturated heterocycles. The lowest BCUT2D eigenvalue weighted by atomic mass is 9.69. The SMILES string of the molecule is CCOCCOC(=O)C1C(C)=NC2=C(C(=O)C[C@@H](c3ccc(OC)c(OC)c3)C2)[C@H]1c1cccc(C)c1. The smallest absolute Gasteiger partial charge is 0.315 e. The Hall–Kier alpha value is -3.45. The Bertz CT molecular complexity index is 1230. The summed E-state index contributed by atoms with van der Waals surface area (Å²) in [6.45, 7) is 6.81. The lowest BCUT2D eigenvalue weighted by Crippen LogP contribution is -2.38. The summed E-state index contributed by atoms with van der Waals surface area (Å²) in [7, 11) is 3.20. The van der Waals surface area contributed by atoms with Crippen LogP contribution in [0.2, 0.25) is 0 Å².